The summed E-state index contributed by atoms with van der Waals surface area (Å²) in [4.78, 5) is 15.4. The average Bonchev–Trinajstić information content (AvgIpc) is 2.84. The maximum atomic E-state index is 12.9. The fraction of sp³-hybridized carbons (Fsp3) is 0.269. The Bertz CT molecular complexity index is 1050. The van der Waals surface area contributed by atoms with Gasteiger partial charge < -0.3 is 16.0 Å². The van der Waals surface area contributed by atoms with E-state index >= 15 is 0 Å². The van der Waals surface area contributed by atoms with Gasteiger partial charge in [-0.15, -0.1) is 0 Å². The van der Waals surface area contributed by atoms with Crippen molar-refractivity contribution in [3.63, 3.8) is 0 Å². The number of anilines is 4. The van der Waals surface area contributed by atoms with E-state index < -0.39 is 0 Å². The number of carbonyl (C=O) groups excluding carboxylic acids is 1. The number of nitrogens with zero attached hydrogens (tertiary/aromatic N) is 2. The van der Waals surface area contributed by atoms with Crippen molar-refractivity contribution < 1.29 is 4.79 Å². The molecule has 1 aliphatic heterocycles. The SMILES string of the molecule is Cc1cc(NC(=O)NN(c2ccccc2)c2cccc(CN)c2)ccc1N1CCCCC1. The normalized spacial score (nSPS) is 13.5. The molecule has 166 valence electrons. The third kappa shape index (κ3) is 5.21. The number of hydrazine groups is 1. The predicted molar refractivity (Wildman–Crippen MR) is 132 cm³/mol. The first-order valence-electron chi connectivity index (χ1n) is 11.2. The number of amides is 2. The maximum Gasteiger partial charge on any atom is 0.338 e. The van der Waals surface area contributed by atoms with Crippen molar-refractivity contribution in [1.82, 2.24) is 5.43 Å². The van der Waals surface area contributed by atoms with Gasteiger partial charge in [0.15, 0.2) is 0 Å². The molecule has 1 fully saturated rings. The molecule has 0 aliphatic carbocycles. The minimum Gasteiger partial charge on any atom is -0.371 e. The summed E-state index contributed by atoms with van der Waals surface area (Å²) < 4.78 is 0. The molecule has 3 aromatic carbocycles. The van der Waals surface area contributed by atoms with E-state index in [1.807, 2.05) is 66.7 Å². The van der Waals surface area contributed by atoms with Crippen molar-refractivity contribution in [2.45, 2.75) is 32.7 Å². The maximum absolute atomic E-state index is 12.9. The standard InChI is InChI=1S/C26H31N5O/c1-20-17-22(13-14-25(20)30-15-6-3-7-16-30)28-26(32)29-31(23-10-4-2-5-11-23)24-12-8-9-21(18-24)19-27/h2,4-5,8-14,17-18H,3,6-7,15-16,19,27H2,1H3,(H2,28,29,32). The first-order chi connectivity index (χ1) is 15.6. The zero-order chi connectivity index (χ0) is 22.3. The highest BCUT2D eigenvalue weighted by Gasteiger charge is 2.16. The monoisotopic (exact) mass is 429 g/mol. The van der Waals surface area contributed by atoms with Gasteiger partial charge in [-0.1, -0.05) is 30.3 Å². The molecular weight excluding hydrogens is 398 g/mol. The molecule has 1 saturated heterocycles. The molecule has 32 heavy (non-hydrogen) atoms. The molecule has 4 N–H and O–H groups in total. The van der Waals surface area contributed by atoms with Crippen molar-refractivity contribution in [1.29, 1.82) is 0 Å². The number of nitrogens with two attached hydrogens (primary N) is 1. The lowest BCUT2D eigenvalue weighted by Gasteiger charge is -2.30. The van der Waals surface area contributed by atoms with Crippen LogP contribution in [0.1, 0.15) is 30.4 Å². The smallest absolute Gasteiger partial charge is 0.338 e. The van der Waals surface area contributed by atoms with Crippen LogP contribution in [0.2, 0.25) is 0 Å². The van der Waals surface area contributed by atoms with Gasteiger partial charge in [0.2, 0.25) is 0 Å². The van der Waals surface area contributed by atoms with Crippen molar-refractivity contribution >= 4 is 28.8 Å². The molecule has 0 radical (unpaired) electrons. The van der Waals surface area contributed by atoms with Gasteiger partial charge in [0.05, 0.1) is 11.4 Å². The number of para-hydroxylation sites is 1. The molecular formula is C26H31N5O. The summed E-state index contributed by atoms with van der Waals surface area (Å²) in [5.74, 6) is 0. The summed E-state index contributed by atoms with van der Waals surface area (Å²) in [5, 5.41) is 4.74. The molecule has 3 aromatic rings. The minimum absolute atomic E-state index is 0.308. The molecule has 0 unspecified atom stereocenters. The van der Waals surface area contributed by atoms with Crippen molar-refractivity contribution in [3.8, 4) is 0 Å². The fourth-order valence-corrected chi connectivity index (χ4v) is 4.16. The van der Waals surface area contributed by atoms with Crippen LogP contribution in [-0.2, 0) is 6.54 Å². The van der Waals surface area contributed by atoms with Gasteiger partial charge >= 0.3 is 6.03 Å². The molecule has 0 saturated carbocycles. The van der Waals surface area contributed by atoms with Gasteiger partial charge in [0.1, 0.15) is 0 Å². The van der Waals surface area contributed by atoms with E-state index in [9.17, 15) is 4.79 Å². The van der Waals surface area contributed by atoms with Crippen LogP contribution in [0, 0.1) is 6.92 Å². The number of piperidine rings is 1. The van der Waals surface area contributed by atoms with Crippen LogP contribution in [-0.4, -0.2) is 19.1 Å². The van der Waals surface area contributed by atoms with E-state index in [4.69, 9.17) is 5.73 Å². The predicted octanol–water partition coefficient (Wildman–Crippen LogP) is 5.32. The Balaban J connectivity index is 1.50. The van der Waals surface area contributed by atoms with E-state index in [1.54, 1.807) is 5.01 Å². The Morgan fingerprint density at radius 3 is 2.41 bits per heavy atom. The molecule has 0 bridgehead atoms. The average molecular weight is 430 g/mol. The largest absolute Gasteiger partial charge is 0.371 e. The first-order valence-corrected chi connectivity index (χ1v) is 11.2. The minimum atomic E-state index is -0.308. The number of hydrogen-bond acceptors (Lipinski definition) is 4. The summed E-state index contributed by atoms with van der Waals surface area (Å²) in [6, 6.07) is 23.4. The topological polar surface area (TPSA) is 73.6 Å². The second-order valence-corrected chi connectivity index (χ2v) is 8.16. The van der Waals surface area contributed by atoms with Crippen LogP contribution in [0.15, 0.2) is 72.8 Å². The highest BCUT2D eigenvalue weighted by molar-refractivity contribution is 5.91. The highest BCUT2D eigenvalue weighted by Crippen LogP contribution is 2.27. The van der Waals surface area contributed by atoms with E-state index in [2.05, 4.69) is 28.6 Å². The molecule has 0 aromatic heterocycles. The number of benzene rings is 3. The Morgan fingerprint density at radius 1 is 0.938 bits per heavy atom. The molecule has 4 rings (SSSR count). The number of carbonyl (C=O) groups is 1. The Hall–Kier alpha value is -3.51. The van der Waals surface area contributed by atoms with Gasteiger partial charge in [-0.25, -0.2) is 10.2 Å². The lowest BCUT2D eigenvalue weighted by atomic mass is 10.1. The summed E-state index contributed by atoms with van der Waals surface area (Å²) in [6.45, 7) is 4.73. The van der Waals surface area contributed by atoms with Gasteiger partial charge in [0.25, 0.3) is 0 Å². The van der Waals surface area contributed by atoms with Crippen molar-refractivity contribution in [2.24, 2.45) is 5.73 Å². The number of hydrogen-bond donors (Lipinski definition) is 3. The molecule has 2 amide bonds. The summed E-state index contributed by atoms with van der Waals surface area (Å²) in [7, 11) is 0. The summed E-state index contributed by atoms with van der Waals surface area (Å²) in [5.41, 5.74) is 14.7. The summed E-state index contributed by atoms with van der Waals surface area (Å²) in [6.07, 6.45) is 3.78. The Kier molecular flexibility index (Phi) is 6.92. The number of aryl methyl sites for hydroxylation is 1. The third-order valence-corrected chi connectivity index (χ3v) is 5.78. The van der Waals surface area contributed by atoms with Crippen LogP contribution < -0.4 is 26.4 Å². The Labute approximate surface area is 190 Å². The van der Waals surface area contributed by atoms with Crippen LogP contribution in [0.4, 0.5) is 27.5 Å². The van der Waals surface area contributed by atoms with Gasteiger partial charge in [-0.2, -0.15) is 0 Å². The molecule has 0 spiro atoms. The van der Waals surface area contributed by atoms with Crippen LogP contribution in [0.3, 0.4) is 0 Å². The molecule has 6 heteroatoms. The highest BCUT2D eigenvalue weighted by atomic mass is 16.2. The lowest BCUT2D eigenvalue weighted by molar-refractivity contribution is 0.252. The van der Waals surface area contributed by atoms with Crippen LogP contribution in [0.5, 0.6) is 0 Å². The molecule has 1 aliphatic rings. The van der Waals surface area contributed by atoms with Gasteiger partial charge in [-0.3, -0.25) is 5.01 Å². The van der Waals surface area contributed by atoms with Crippen LogP contribution in [0.25, 0.3) is 0 Å². The molecule has 1 heterocycles. The number of nitrogens with one attached hydrogen (secondary N) is 2. The third-order valence-electron chi connectivity index (χ3n) is 5.78. The first kappa shape index (κ1) is 21.7. The van der Waals surface area contributed by atoms with Gasteiger partial charge in [-0.05, 0) is 79.8 Å². The zero-order valence-electron chi connectivity index (χ0n) is 18.6. The van der Waals surface area contributed by atoms with E-state index in [-0.39, 0.29) is 6.03 Å². The number of urea groups is 1. The Morgan fingerprint density at radius 2 is 1.69 bits per heavy atom. The zero-order valence-corrected chi connectivity index (χ0v) is 18.6. The second kappa shape index (κ2) is 10.2. The summed E-state index contributed by atoms with van der Waals surface area (Å²) >= 11 is 0. The lowest BCUT2D eigenvalue weighted by Crippen LogP contribution is -2.41. The quantitative estimate of drug-likeness (QED) is 0.464. The second-order valence-electron chi connectivity index (χ2n) is 8.16. The fourth-order valence-electron chi connectivity index (χ4n) is 4.16. The van der Waals surface area contributed by atoms with E-state index in [0.717, 1.165) is 35.7 Å². The van der Waals surface area contributed by atoms with Crippen molar-refractivity contribution in [2.75, 3.05) is 28.3 Å². The molecule has 0 atom stereocenters. The molecule has 6 nitrogen and oxygen atoms in total. The number of rotatable bonds is 6. The van der Waals surface area contributed by atoms with E-state index in [1.165, 1.54) is 30.5 Å². The van der Waals surface area contributed by atoms with Gasteiger partial charge in [0, 0.05) is 31.0 Å². The van der Waals surface area contributed by atoms with Crippen LogP contribution >= 0.6 is 0 Å². The van der Waals surface area contributed by atoms with E-state index in [0.29, 0.717) is 6.54 Å². The van der Waals surface area contributed by atoms with Crippen molar-refractivity contribution in [3.05, 3.63) is 83.9 Å².